The number of nitrogens with zero attached hydrogens (tertiary/aromatic N) is 2. The number of amides is 2. The summed E-state index contributed by atoms with van der Waals surface area (Å²) in [6, 6.07) is 9.73. The van der Waals surface area contributed by atoms with Gasteiger partial charge in [0.1, 0.15) is 17.1 Å². The van der Waals surface area contributed by atoms with Crippen LogP contribution < -0.4 is 5.32 Å². The van der Waals surface area contributed by atoms with Crippen LogP contribution in [0.4, 0.5) is 4.39 Å². The molecular formula is C25H28FN3O3. The van der Waals surface area contributed by atoms with Crippen LogP contribution in [0.5, 0.6) is 0 Å². The number of rotatable bonds is 4. The highest BCUT2D eigenvalue weighted by atomic mass is 19.1. The normalized spacial score (nSPS) is 25.7. The highest BCUT2D eigenvalue weighted by molar-refractivity contribution is 6.02. The van der Waals surface area contributed by atoms with Crippen molar-refractivity contribution < 1.29 is 18.4 Å². The zero-order valence-electron chi connectivity index (χ0n) is 18.4. The Bertz CT molecular complexity index is 1170. The van der Waals surface area contributed by atoms with Crippen LogP contribution in [0, 0.1) is 11.7 Å². The van der Waals surface area contributed by atoms with Crippen molar-refractivity contribution in [2.24, 2.45) is 5.92 Å². The Morgan fingerprint density at radius 2 is 1.97 bits per heavy atom. The van der Waals surface area contributed by atoms with Gasteiger partial charge in [0.25, 0.3) is 5.91 Å². The van der Waals surface area contributed by atoms with Gasteiger partial charge in [-0.05, 0) is 43.4 Å². The van der Waals surface area contributed by atoms with Gasteiger partial charge < -0.3 is 19.2 Å². The molecule has 7 heteroatoms. The van der Waals surface area contributed by atoms with Crippen molar-refractivity contribution in [3.05, 3.63) is 59.7 Å². The third-order valence-corrected chi connectivity index (χ3v) is 7.22. The van der Waals surface area contributed by atoms with Gasteiger partial charge in [0.15, 0.2) is 5.58 Å². The molecule has 1 saturated carbocycles. The molecule has 2 amide bonds. The molecule has 1 aliphatic carbocycles. The second-order valence-corrected chi connectivity index (χ2v) is 9.42. The van der Waals surface area contributed by atoms with Crippen molar-refractivity contribution >= 4 is 22.9 Å². The molecule has 1 fully saturated rings. The fraction of sp³-hybridized carbons (Fsp3) is 0.440. The molecule has 168 valence electrons. The predicted octanol–water partition coefficient (Wildman–Crippen LogP) is 4.48. The van der Waals surface area contributed by atoms with Crippen LogP contribution in [0.3, 0.4) is 0 Å². The van der Waals surface area contributed by atoms with E-state index < -0.39 is 5.54 Å². The van der Waals surface area contributed by atoms with Gasteiger partial charge in [-0.2, -0.15) is 0 Å². The number of carbonyl (C=O) groups is 2. The maximum atomic E-state index is 13.7. The molecule has 3 atom stereocenters. The fourth-order valence-corrected chi connectivity index (χ4v) is 5.15. The lowest BCUT2D eigenvalue weighted by Gasteiger charge is -2.45. The maximum absolute atomic E-state index is 13.7. The van der Waals surface area contributed by atoms with Crippen LogP contribution in [0.15, 0.2) is 47.1 Å². The minimum absolute atomic E-state index is 0.107. The molecule has 2 aliphatic rings. The molecule has 6 nitrogen and oxygen atoms in total. The quantitative estimate of drug-likeness (QED) is 0.654. The SMILES string of the molecule is C[C@@H]1CCCC[C@@H]1NC(=O)[C@@]1(C)Cn2c(cc3occc32)C(=O)N1Cc1ccc(F)cc1. The van der Waals surface area contributed by atoms with E-state index in [2.05, 4.69) is 12.2 Å². The standard InChI is InChI=1S/C25H28FN3O3/c1-16-5-3-4-6-19(16)27-24(31)25(2)15-28-20-11-12-32-22(20)13-21(28)23(30)29(25)14-17-7-9-18(26)10-8-17/h7-13,16,19H,3-6,14-15H2,1-2H3,(H,27,31)/t16-,19+,25-/m1/s1. The Labute approximate surface area is 186 Å². The van der Waals surface area contributed by atoms with Crippen molar-refractivity contribution in [2.45, 2.75) is 64.2 Å². The minimum atomic E-state index is -1.10. The topological polar surface area (TPSA) is 67.5 Å². The number of carbonyl (C=O) groups excluding carboxylic acids is 2. The lowest BCUT2D eigenvalue weighted by atomic mass is 9.85. The van der Waals surface area contributed by atoms with Gasteiger partial charge in [-0.1, -0.05) is 31.9 Å². The van der Waals surface area contributed by atoms with Gasteiger partial charge in [-0.15, -0.1) is 0 Å². The second kappa shape index (κ2) is 7.80. The predicted molar refractivity (Wildman–Crippen MR) is 118 cm³/mol. The first-order valence-corrected chi connectivity index (χ1v) is 11.3. The molecule has 32 heavy (non-hydrogen) atoms. The molecule has 1 aromatic carbocycles. The first kappa shape index (κ1) is 20.8. The summed E-state index contributed by atoms with van der Waals surface area (Å²) in [5.74, 6) is -0.312. The summed E-state index contributed by atoms with van der Waals surface area (Å²) in [6.07, 6.45) is 5.92. The second-order valence-electron chi connectivity index (χ2n) is 9.42. The van der Waals surface area contributed by atoms with Crippen LogP contribution in [0.25, 0.3) is 11.1 Å². The summed E-state index contributed by atoms with van der Waals surface area (Å²) >= 11 is 0. The van der Waals surface area contributed by atoms with Gasteiger partial charge in [0.05, 0.1) is 18.3 Å². The van der Waals surface area contributed by atoms with E-state index in [0.29, 0.717) is 23.7 Å². The number of hydrogen-bond acceptors (Lipinski definition) is 3. The van der Waals surface area contributed by atoms with Crippen molar-refractivity contribution in [3.63, 3.8) is 0 Å². The fourth-order valence-electron chi connectivity index (χ4n) is 5.15. The van der Waals surface area contributed by atoms with E-state index in [1.807, 2.05) is 17.6 Å². The molecule has 0 unspecified atom stereocenters. The average molecular weight is 438 g/mol. The summed E-state index contributed by atoms with van der Waals surface area (Å²) in [5, 5.41) is 3.26. The van der Waals surface area contributed by atoms with Gasteiger partial charge in [0.2, 0.25) is 5.91 Å². The van der Waals surface area contributed by atoms with Gasteiger partial charge in [-0.25, -0.2) is 4.39 Å². The number of hydrogen-bond donors (Lipinski definition) is 1. The molecule has 0 saturated heterocycles. The van der Waals surface area contributed by atoms with E-state index in [1.54, 1.807) is 29.4 Å². The average Bonchev–Trinajstić information content (AvgIpc) is 3.36. The van der Waals surface area contributed by atoms with Crippen LogP contribution >= 0.6 is 0 Å². The van der Waals surface area contributed by atoms with Gasteiger partial charge in [0, 0.05) is 24.7 Å². The zero-order chi connectivity index (χ0) is 22.5. The summed E-state index contributed by atoms with van der Waals surface area (Å²) in [4.78, 5) is 29.0. The molecule has 5 rings (SSSR count). The Hall–Kier alpha value is -3.09. The van der Waals surface area contributed by atoms with E-state index >= 15 is 0 Å². The van der Waals surface area contributed by atoms with Crippen molar-refractivity contribution in [2.75, 3.05) is 0 Å². The van der Waals surface area contributed by atoms with E-state index in [-0.39, 0.29) is 30.2 Å². The molecule has 1 N–H and O–H groups in total. The van der Waals surface area contributed by atoms with Gasteiger partial charge >= 0.3 is 0 Å². The maximum Gasteiger partial charge on any atom is 0.271 e. The molecule has 2 aromatic heterocycles. The van der Waals surface area contributed by atoms with Crippen molar-refractivity contribution in [1.29, 1.82) is 0 Å². The Kier molecular flexibility index (Phi) is 5.07. The Morgan fingerprint density at radius 1 is 1.22 bits per heavy atom. The Balaban J connectivity index is 1.52. The molecule has 0 radical (unpaired) electrons. The number of halogens is 1. The number of aromatic nitrogens is 1. The summed E-state index contributed by atoms with van der Waals surface area (Å²) in [5.41, 5.74) is 1.60. The van der Waals surface area contributed by atoms with E-state index in [1.165, 1.54) is 18.6 Å². The first-order chi connectivity index (χ1) is 15.4. The van der Waals surface area contributed by atoms with Crippen LogP contribution in [-0.4, -0.2) is 32.9 Å². The molecule has 3 aromatic rings. The highest BCUT2D eigenvalue weighted by Gasteiger charge is 2.48. The lowest BCUT2D eigenvalue weighted by molar-refractivity contribution is -0.134. The lowest BCUT2D eigenvalue weighted by Crippen LogP contribution is -2.65. The molecule has 1 aliphatic heterocycles. The summed E-state index contributed by atoms with van der Waals surface area (Å²) in [7, 11) is 0. The van der Waals surface area contributed by atoms with E-state index in [9.17, 15) is 14.0 Å². The monoisotopic (exact) mass is 437 g/mol. The molecular weight excluding hydrogens is 409 g/mol. The van der Waals surface area contributed by atoms with Gasteiger partial charge in [-0.3, -0.25) is 9.59 Å². The molecule has 0 bridgehead atoms. The molecule has 3 heterocycles. The largest absolute Gasteiger partial charge is 0.463 e. The smallest absolute Gasteiger partial charge is 0.271 e. The number of fused-ring (bicyclic) bond motifs is 3. The number of furan rings is 1. The number of benzene rings is 1. The van der Waals surface area contributed by atoms with Crippen LogP contribution in [0.1, 0.15) is 55.6 Å². The van der Waals surface area contributed by atoms with E-state index in [4.69, 9.17) is 4.42 Å². The van der Waals surface area contributed by atoms with Crippen LogP contribution in [0.2, 0.25) is 0 Å². The summed E-state index contributed by atoms with van der Waals surface area (Å²) < 4.78 is 20.8. The highest BCUT2D eigenvalue weighted by Crippen LogP contribution is 2.34. The summed E-state index contributed by atoms with van der Waals surface area (Å²) in [6.45, 7) is 4.54. The Morgan fingerprint density at radius 3 is 2.72 bits per heavy atom. The molecule has 0 spiro atoms. The van der Waals surface area contributed by atoms with Crippen molar-refractivity contribution in [3.8, 4) is 0 Å². The van der Waals surface area contributed by atoms with Crippen molar-refractivity contribution in [1.82, 2.24) is 14.8 Å². The van der Waals surface area contributed by atoms with Crippen LogP contribution in [-0.2, 0) is 17.9 Å². The first-order valence-electron chi connectivity index (χ1n) is 11.3. The third kappa shape index (κ3) is 3.40. The zero-order valence-corrected chi connectivity index (χ0v) is 18.4. The van der Waals surface area contributed by atoms with E-state index in [0.717, 1.165) is 30.3 Å². The minimum Gasteiger partial charge on any atom is -0.463 e. The number of nitrogens with one attached hydrogen (secondary N) is 1. The third-order valence-electron chi connectivity index (χ3n) is 7.22.